The Bertz CT molecular complexity index is 147. The zero-order valence-electron chi connectivity index (χ0n) is 6.29. The Hall–Kier alpha value is -0.570. The van der Waals surface area contributed by atoms with E-state index in [1.165, 1.54) is 0 Å². The minimum absolute atomic E-state index is 0.0116. The molecule has 0 aliphatic carbocycles. The second-order valence-corrected chi connectivity index (χ2v) is 2.95. The SMILES string of the molecule is C[C@H]1[C@@H](C)NC(=O)[C@@H]1CO. The fourth-order valence-corrected chi connectivity index (χ4v) is 1.30. The van der Waals surface area contributed by atoms with Gasteiger partial charge in [-0.1, -0.05) is 6.92 Å². The summed E-state index contributed by atoms with van der Waals surface area (Å²) in [4.78, 5) is 11.0. The first-order valence-electron chi connectivity index (χ1n) is 3.58. The zero-order valence-corrected chi connectivity index (χ0v) is 6.29. The molecule has 0 aromatic heterocycles. The lowest BCUT2D eigenvalue weighted by molar-refractivity contribution is -0.124. The molecule has 1 fully saturated rings. The van der Waals surface area contributed by atoms with Crippen LogP contribution in [0.15, 0.2) is 0 Å². The van der Waals surface area contributed by atoms with E-state index in [0.29, 0.717) is 0 Å². The van der Waals surface area contributed by atoms with Gasteiger partial charge in [-0.3, -0.25) is 4.79 Å². The second kappa shape index (κ2) is 2.58. The smallest absolute Gasteiger partial charge is 0.225 e. The molecule has 1 aliphatic heterocycles. The standard InChI is InChI=1S/C7H13NO2/c1-4-5(2)8-7(10)6(4)3-9/h4-6,9H,3H2,1-2H3,(H,8,10)/t4-,5+,6+/m0/s1. The van der Waals surface area contributed by atoms with Gasteiger partial charge >= 0.3 is 0 Å². The van der Waals surface area contributed by atoms with E-state index in [1.54, 1.807) is 0 Å². The van der Waals surface area contributed by atoms with Crippen molar-refractivity contribution in [3.05, 3.63) is 0 Å². The van der Waals surface area contributed by atoms with E-state index in [4.69, 9.17) is 5.11 Å². The van der Waals surface area contributed by atoms with Crippen LogP contribution in [0, 0.1) is 11.8 Å². The molecule has 10 heavy (non-hydrogen) atoms. The molecule has 0 aromatic carbocycles. The number of aliphatic hydroxyl groups excluding tert-OH is 1. The molecule has 0 saturated carbocycles. The van der Waals surface area contributed by atoms with Crippen LogP contribution in [-0.4, -0.2) is 23.7 Å². The first-order chi connectivity index (χ1) is 4.66. The van der Waals surface area contributed by atoms with Gasteiger partial charge in [-0.25, -0.2) is 0 Å². The average molecular weight is 143 g/mol. The number of rotatable bonds is 1. The van der Waals surface area contributed by atoms with Gasteiger partial charge in [0, 0.05) is 6.04 Å². The number of hydrogen-bond acceptors (Lipinski definition) is 2. The summed E-state index contributed by atoms with van der Waals surface area (Å²) >= 11 is 0. The molecule has 3 atom stereocenters. The van der Waals surface area contributed by atoms with E-state index >= 15 is 0 Å². The van der Waals surface area contributed by atoms with Gasteiger partial charge in [0.2, 0.25) is 5.91 Å². The number of hydrogen-bond donors (Lipinski definition) is 2. The lowest BCUT2D eigenvalue weighted by Crippen LogP contribution is -2.24. The molecule has 1 amide bonds. The lowest BCUT2D eigenvalue weighted by atomic mass is 9.94. The van der Waals surface area contributed by atoms with Crippen molar-refractivity contribution in [2.75, 3.05) is 6.61 Å². The number of amides is 1. The molecule has 58 valence electrons. The summed E-state index contributed by atoms with van der Waals surface area (Å²) in [5.74, 6) is 0.0648. The fourth-order valence-electron chi connectivity index (χ4n) is 1.30. The van der Waals surface area contributed by atoms with Gasteiger partial charge in [0.1, 0.15) is 0 Å². The van der Waals surface area contributed by atoms with E-state index < -0.39 is 0 Å². The van der Waals surface area contributed by atoms with Crippen LogP contribution in [0.2, 0.25) is 0 Å². The Balaban J connectivity index is 2.64. The van der Waals surface area contributed by atoms with Gasteiger partial charge in [-0.15, -0.1) is 0 Å². The Kier molecular flexibility index (Phi) is 1.94. The normalized spacial score (nSPS) is 39.9. The monoisotopic (exact) mass is 143 g/mol. The van der Waals surface area contributed by atoms with Gasteiger partial charge in [-0.2, -0.15) is 0 Å². The highest BCUT2D eigenvalue weighted by Crippen LogP contribution is 2.21. The first-order valence-corrected chi connectivity index (χ1v) is 3.58. The summed E-state index contributed by atoms with van der Waals surface area (Å²) in [5, 5.41) is 11.5. The summed E-state index contributed by atoms with van der Waals surface area (Å²) in [6, 6.07) is 0.213. The van der Waals surface area contributed by atoms with E-state index in [0.717, 1.165) is 0 Å². The predicted molar refractivity (Wildman–Crippen MR) is 37.3 cm³/mol. The summed E-state index contributed by atoms with van der Waals surface area (Å²) in [7, 11) is 0. The molecule has 1 heterocycles. The Morgan fingerprint density at radius 1 is 1.60 bits per heavy atom. The molecule has 2 N–H and O–H groups in total. The molecule has 0 unspecified atom stereocenters. The van der Waals surface area contributed by atoms with E-state index in [1.807, 2.05) is 13.8 Å². The van der Waals surface area contributed by atoms with Crippen LogP contribution < -0.4 is 5.32 Å². The van der Waals surface area contributed by atoms with Crippen molar-refractivity contribution in [3.8, 4) is 0 Å². The molecule has 0 spiro atoms. The first kappa shape index (κ1) is 7.54. The number of carbonyl (C=O) groups is 1. The lowest BCUT2D eigenvalue weighted by Gasteiger charge is -2.10. The molecule has 1 saturated heterocycles. The molecule has 1 rings (SSSR count). The highest BCUT2D eigenvalue weighted by atomic mass is 16.3. The van der Waals surface area contributed by atoms with Gasteiger partial charge in [0.15, 0.2) is 0 Å². The van der Waals surface area contributed by atoms with Crippen LogP contribution in [0.3, 0.4) is 0 Å². The highest BCUT2D eigenvalue weighted by Gasteiger charge is 2.35. The molecule has 1 aliphatic rings. The maximum Gasteiger partial charge on any atom is 0.225 e. The predicted octanol–water partition coefficient (Wildman–Crippen LogP) is -0.251. The van der Waals surface area contributed by atoms with Crippen LogP contribution >= 0.6 is 0 Å². The molecular weight excluding hydrogens is 130 g/mol. The summed E-state index contributed by atoms with van der Waals surface area (Å²) in [5.41, 5.74) is 0. The Morgan fingerprint density at radius 2 is 2.20 bits per heavy atom. The molecular formula is C7H13NO2. The van der Waals surface area contributed by atoms with Gasteiger partial charge < -0.3 is 10.4 Å². The third kappa shape index (κ3) is 1.01. The van der Waals surface area contributed by atoms with Crippen LogP contribution in [0.4, 0.5) is 0 Å². The summed E-state index contributed by atoms with van der Waals surface area (Å²) < 4.78 is 0. The summed E-state index contributed by atoms with van der Waals surface area (Å²) in [6.07, 6.45) is 0. The molecule has 0 bridgehead atoms. The Morgan fingerprint density at radius 3 is 2.40 bits per heavy atom. The van der Waals surface area contributed by atoms with E-state index in [-0.39, 0.29) is 30.4 Å². The van der Waals surface area contributed by atoms with Crippen molar-refractivity contribution < 1.29 is 9.90 Å². The molecule has 0 radical (unpaired) electrons. The second-order valence-electron chi connectivity index (χ2n) is 2.95. The topological polar surface area (TPSA) is 49.3 Å². The molecule has 3 heteroatoms. The van der Waals surface area contributed by atoms with Crippen molar-refractivity contribution >= 4 is 5.91 Å². The van der Waals surface area contributed by atoms with Crippen molar-refractivity contribution in [1.82, 2.24) is 5.32 Å². The van der Waals surface area contributed by atoms with E-state index in [9.17, 15) is 4.79 Å². The number of carbonyl (C=O) groups excluding carboxylic acids is 1. The quantitative estimate of drug-likeness (QED) is 0.531. The maximum absolute atomic E-state index is 11.0. The van der Waals surface area contributed by atoms with Crippen molar-refractivity contribution in [2.45, 2.75) is 19.9 Å². The maximum atomic E-state index is 11.0. The van der Waals surface area contributed by atoms with Crippen LogP contribution in [0.25, 0.3) is 0 Å². The third-order valence-electron chi connectivity index (χ3n) is 2.33. The van der Waals surface area contributed by atoms with Crippen molar-refractivity contribution in [2.24, 2.45) is 11.8 Å². The minimum Gasteiger partial charge on any atom is -0.396 e. The van der Waals surface area contributed by atoms with Gasteiger partial charge in [0.25, 0.3) is 0 Å². The zero-order chi connectivity index (χ0) is 7.72. The van der Waals surface area contributed by atoms with Crippen molar-refractivity contribution in [1.29, 1.82) is 0 Å². The van der Waals surface area contributed by atoms with Crippen LogP contribution in [0.1, 0.15) is 13.8 Å². The minimum atomic E-state index is -0.185. The number of aliphatic hydroxyl groups is 1. The van der Waals surface area contributed by atoms with Crippen molar-refractivity contribution in [3.63, 3.8) is 0 Å². The number of nitrogens with one attached hydrogen (secondary N) is 1. The molecule has 3 nitrogen and oxygen atoms in total. The largest absolute Gasteiger partial charge is 0.396 e. The van der Waals surface area contributed by atoms with Gasteiger partial charge in [-0.05, 0) is 12.8 Å². The van der Waals surface area contributed by atoms with E-state index in [2.05, 4.69) is 5.32 Å². The third-order valence-corrected chi connectivity index (χ3v) is 2.33. The van der Waals surface area contributed by atoms with Crippen LogP contribution in [0.5, 0.6) is 0 Å². The highest BCUT2D eigenvalue weighted by molar-refractivity contribution is 5.81. The van der Waals surface area contributed by atoms with Crippen LogP contribution in [-0.2, 0) is 4.79 Å². The van der Waals surface area contributed by atoms with Gasteiger partial charge in [0.05, 0.1) is 12.5 Å². The Labute approximate surface area is 60.4 Å². The summed E-state index contributed by atoms with van der Waals surface area (Å²) in [6.45, 7) is 3.90. The fraction of sp³-hybridized carbons (Fsp3) is 0.857. The average Bonchev–Trinajstić information content (AvgIpc) is 2.09. The molecule has 0 aromatic rings.